The summed E-state index contributed by atoms with van der Waals surface area (Å²) in [6.45, 7) is 4.09. The monoisotopic (exact) mass is 245 g/mol. The molecule has 0 heterocycles. The van der Waals surface area contributed by atoms with Crippen LogP contribution in [0.25, 0.3) is 10.8 Å². The zero-order valence-corrected chi connectivity index (χ0v) is 11.0. The van der Waals surface area contributed by atoms with E-state index in [1.807, 2.05) is 30.3 Å². The summed E-state index contributed by atoms with van der Waals surface area (Å²) in [5.74, 6) is 0.861. The van der Waals surface area contributed by atoms with Crippen molar-refractivity contribution in [2.24, 2.45) is 0 Å². The second-order valence-corrected chi connectivity index (χ2v) is 5.09. The highest BCUT2D eigenvalue weighted by Crippen LogP contribution is 2.23. The van der Waals surface area contributed by atoms with E-state index in [9.17, 15) is 5.11 Å². The number of nitrogens with one attached hydrogen (secondary N) is 1. The zero-order chi connectivity index (χ0) is 13.2. The first-order valence-corrected chi connectivity index (χ1v) is 6.02. The maximum Gasteiger partial charge on any atom is 0.119 e. The first kappa shape index (κ1) is 12.7. The lowest BCUT2D eigenvalue weighted by Gasteiger charge is -2.18. The predicted octanol–water partition coefficient (Wildman–Crippen LogP) is 3.03. The average molecular weight is 245 g/mol. The van der Waals surface area contributed by atoms with Crippen molar-refractivity contribution in [1.29, 1.82) is 0 Å². The summed E-state index contributed by atoms with van der Waals surface area (Å²) in [5, 5.41) is 15.2. The van der Waals surface area contributed by atoms with Gasteiger partial charge in [-0.1, -0.05) is 12.1 Å². The first-order chi connectivity index (χ1) is 8.48. The van der Waals surface area contributed by atoms with Gasteiger partial charge >= 0.3 is 0 Å². The van der Waals surface area contributed by atoms with Crippen LogP contribution in [0.2, 0.25) is 0 Å². The third kappa shape index (κ3) is 3.14. The summed E-state index contributed by atoms with van der Waals surface area (Å²) in [7, 11) is 1.67. The number of ether oxygens (including phenoxy) is 1. The largest absolute Gasteiger partial charge is 0.497 e. The molecule has 0 fully saturated rings. The molecule has 0 aliphatic carbocycles. The molecule has 3 heteroatoms. The topological polar surface area (TPSA) is 41.5 Å². The van der Waals surface area contributed by atoms with E-state index in [4.69, 9.17) is 4.74 Å². The van der Waals surface area contributed by atoms with Gasteiger partial charge in [-0.25, -0.2) is 0 Å². The molecule has 0 aromatic heterocycles. The van der Waals surface area contributed by atoms with Gasteiger partial charge < -0.3 is 15.2 Å². The number of hydrogen-bond donors (Lipinski definition) is 2. The minimum Gasteiger partial charge on any atom is -0.497 e. The number of benzene rings is 2. The number of fused-ring (bicyclic) bond motifs is 1. The Balaban J connectivity index is 2.22. The highest BCUT2D eigenvalue weighted by molar-refractivity contribution is 5.86. The summed E-state index contributed by atoms with van der Waals surface area (Å²) < 4.78 is 5.20. The summed E-state index contributed by atoms with van der Waals surface area (Å²) >= 11 is 0. The fourth-order valence-corrected chi connectivity index (χ4v) is 1.78. The van der Waals surface area contributed by atoms with Crippen molar-refractivity contribution in [2.75, 3.05) is 19.0 Å². The normalized spacial score (nSPS) is 11.6. The van der Waals surface area contributed by atoms with Gasteiger partial charge in [0.15, 0.2) is 0 Å². The number of methoxy groups -OCH3 is 1. The molecular formula is C15H19NO2. The Bertz CT molecular complexity index is 544. The Kier molecular flexibility index (Phi) is 3.43. The molecule has 0 atom stereocenters. The molecule has 0 aliphatic heterocycles. The van der Waals surface area contributed by atoms with Crippen LogP contribution in [-0.2, 0) is 0 Å². The molecule has 3 nitrogen and oxygen atoms in total. The molecule has 2 rings (SSSR count). The van der Waals surface area contributed by atoms with Gasteiger partial charge in [-0.2, -0.15) is 0 Å². The zero-order valence-electron chi connectivity index (χ0n) is 11.0. The second-order valence-electron chi connectivity index (χ2n) is 5.09. The van der Waals surface area contributed by atoms with Crippen LogP contribution in [0.5, 0.6) is 5.75 Å². The van der Waals surface area contributed by atoms with E-state index in [0.717, 1.165) is 22.2 Å². The fourth-order valence-electron chi connectivity index (χ4n) is 1.78. The van der Waals surface area contributed by atoms with Crippen LogP contribution in [0.15, 0.2) is 36.4 Å². The predicted molar refractivity (Wildman–Crippen MR) is 75.3 cm³/mol. The van der Waals surface area contributed by atoms with Crippen molar-refractivity contribution in [3.05, 3.63) is 36.4 Å². The van der Waals surface area contributed by atoms with Gasteiger partial charge in [-0.05, 0) is 48.9 Å². The van der Waals surface area contributed by atoms with E-state index in [-0.39, 0.29) is 0 Å². The Morgan fingerprint density at radius 1 is 1.11 bits per heavy atom. The van der Waals surface area contributed by atoms with E-state index >= 15 is 0 Å². The average Bonchev–Trinajstić information content (AvgIpc) is 2.34. The Labute approximate surface area is 107 Å². The van der Waals surface area contributed by atoms with Crippen LogP contribution in [0.1, 0.15) is 13.8 Å². The maximum atomic E-state index is 9.68. The molecule has 2 aromatic carbocycles. The molecule has 0 aliphatic rings. The van der Waals surface area contributed by atoms with Crippen LogP contribution >= 0.6 is 0 Å². The van der Waals surface area contributed by atoms with Crippen molar-refractivity contribution >= 4 is 16.5 Å². The standard InChI is InChI=1S/C15H19NO2/c1-15(2,17)10-16-13-6-4-12-9-14(18-3)7-5-11(12)8-13/h4-9,16-17H,10H2,1-3H3. The Morgan fingerprint density at radius 3 is 2.44 bits per heavy atom. The Hall–Kier alpha value is -1.74. The van der Waals surface area contributed by atoms with Crippen molar-refractivity contribution in [1.82, 2.24) is 0 Å². The SMILES string of the molecule is COc1ccc2cc(NCC(C)(C)O)ccc2c1. The molecule has 0 saturated carbocycles. The molecular weight excluding hydrogens is 226 g/mol. The maximum absolute atomic E-state index is 9.68. The molecule has 0 amide bonds. The van der Waals surface area contributed by atoms with Crippen LogP contribution < -0.4 is 10.1 Å². The highest BCUT2D eigenvalue weighted by Gasteiger charge is 2.11. The summed E-state index contributed by atoms with van der Waals surface area (Å²) in [6.07, 6.45) is 0. The van der Waals surface area contributed by atoms with E-state index in [0.29, 0.717) is 6.54 Å². The van der Waals surface area contributed by atoms with E-state index in [2.05, 4.69) is 11.4 Å². The number of aliphatic hydroxyl groups is 1. The van der Waals surface area contributed by atoms with E-state index < -0.39 is 5.60 Å². The van der Waals surface area contributed by atoms with Crippen LogP contribution in [-0.4, -0.2) is 24.4 Å². The second kappa shape index (κ2) is 4.86. The first-order valence-electron chi connectivity index (χ1n) is 6.02. The van der Waals surface area contributed by atoms with Crippen LogP contribution in [0.3, 0.4) is 0 Å². The van der Waals surface area contributed by atoms with E-state index in [1.165, 1.54) is 0 Å². The molecule has 0 saturated heterocycles. The van der Waals surface area contributed by atoms with Crippen molar-refractivity contribution < 1.29 is 9.84 Å². The summed E-state index contributed by atoms with van der Waals surface area (Å²) in [4.78, 5) is 0. The van der Waals surface area contributed by atoms with Gasteiger partial charge in [0, 0.05) is 12.2 Å². The molecule has 2 N–H and O–H groups in total. The highest BCUT2D eigenvalue weighted by atomic mass is 16.5. The minimum absolute atomic E-state index is 0.522. The Morgan fingerprint density at radius 2 is 1.78 bits per heavy atom. The van der Waals surface area contributed by atoms with Gasteiger partial charge in [-0.15, -0.1) is 0 Å². The number of rotatable bonds is 4. The lowest BCUT2D eigenvalue weighted by Crippen LogP contribution is -2.29. The van der Waals surface area contributed by atoms with Crippen molar-refractivity contribution in [3.8, 4) is 5.75 Å². The number of hydrogen-bond acceptors (Lipinski definition) is 3. The van der Waals surface area contributed by atoms with Gasteiger partial charge in [0.2, 0.25) is 0 Å². The van der Waals surface area contributed by atoms with Gasteiger partial charge in [-0.3, -0.25) is 0 Å². The summed E-state index contributed by atoms with van der Waals surface area (Å²) in [6, 6.07) is 12.1. The molecule has 18 heavy (non-hydrogen) atoms. The van der Waals surface area contributed by atoms with Crippen LogP contribution in [0, 0.1) is 0 Å². The lowest BCUT2D eigenvalue weighted by molar-refractivity contribution is 0.0945. The van der Waals surface area contributed by atoms with Gasteiger partial charge in [0.05, 0.1) is 12.7 Å². The van der Waals surface area contributed by atoms with Crippen molar-refractivity contribution in [2.45, 2.75) is 19.4 Å². The molecule has 0 unspecified atom stereocenters. The molecule has 0 spiro atoms. The fraction of sp³-hybridized carbons (Fsp3) is 0.333. The molecule has 96 valence electrons. The number of anilines is 1. The summed E-state index contributed by atoms with van der Waals surface area (Å²) in [5.41, 5.74) is 0.296. The van der Waals surface area contributed by atoms with Crippen molar-refractivity contribution in [3.63, 3.8) is 0 Å². The third-order valence-electron chi connectivity index (χ3n) is 2.77. The molecule has 2 aromatic rings. The quantitative estimate of drug-likeness (QED) is 0.870. The lowest BCUT2D eigenvalue weighted by atomic mass is 10.1. The molecule has 0 bridgehead atoms. The van der Waals surface area contributed by atoms with E-state index in [1.54, 1.807) is 21.0 Å². The third-order valence-corrected chi connectivity index (χ3v) is 2.77. The minimum atomic E-state index is -0.713. The van der Waals surface area contributed by atoms with Gasteiger partial charge in [0.1, 0.15) is 5.75 Å². The van der Waals surface area contributed by atoms with Gasteiger partial charge in [0.25, 0.3) is 0 Å². The van der Waals surface area contributed by atoms with Crippen LogP contribution in [0.4, 0.5) is 5.69 Å². The smallest absolute Gasteiger partial charge is 0.119 e. The molecule has 0 radical (unpaired) electrons.